The van der Waals surface area contributed by atoms with Crippen LogP contribution in [0.3, 0.4) is 0 Å². The maximum Gasteiger partial charge on any atom is 0.242 e. The molecule has 0 N–H and O–H groups in total. The molecule has 5 rings (SSSR count). The first-order chi connectivity index (χ1) is 18.1. The van der Waals surface area contributed by atoms with Crippen LogP contribution in [0.5, 0.6) is 0 Å². The lowest BCUT2D eigenvalue weighted by atomic mass is 9.84. The number of hydrogen-bond donors (Lipinski definition) is 0. The van der Waals surface area contributed by atoms with Crippen molar-refractivity contribution in [2.24, 2.45) is 5.92 Å². The van der Waals surface area contributed by atoms with Gasteiger partial charge in [-0.25, -0.2) is 0 Å². The molecule has 2 heterocycles. The highest BCUT2D eigenvalue weighted by atomic mass is 16.2. The van der Waals surface area contributed by atoms with Crippen LogP contribution in [0, 0.1) is 5.92 Å². The number of amides is 2. The molecule has 2 aromatic carbocycles. The van der Waals surface area contributed by atoms with Crippen LogP contribution in [-0.4, -0.2) is 64.5 Å². The van der Waals surface area contributed by atoms with E-state index in [1.165, 1.54) is 0 Å². The SMILES string of the molecule is CC(c1ccccc1)N(CC(=O)N1CCCN(c2ccc(-c3ccccc3)nn2)CC1)C(=O)C1CCC1. The molecule has 2 aliphatic rings. The van der Waals surface area contributed by atoms with Crippen LogP contribution in [0.2, 0.25) is 0 Å². The molecule has 0 spiro atoms. The monoisotopic (exact) mass is 497 g/mol. The number of rotatable bonds is 7. The molecule has 2 amide bonds. The van der Waals surface area contributed by atoms with E-state index in [4.69, 9.17) is 0 Å². The maximum absolute atomic E-state index is 13.5. The van der Waals surface area contributed by atoms with E-state index in [0.717, 1.165) is 54.9 Å². The molecule has 1 aliphatic carbocycles. The van der Waals surface area contributed by atoms with Crippen molar-refractivity contribution >= 4 is 17.6 Å². The van der Waals surface area contributed by atoms with Crippen LogP contribution in [-0.2, 0) is 9.59 Å². The average molecular weight is 498 g/mol. The van der Waals surface area contributed by atoms with Crippen LogP contribution in [0.25, 0.3) is 11.3 Å². The molecule has 1 aliphatic heterocycles. The number of anilines is 1. The fourth-order valence-electron chi connectivity index (χ4n) is 5.11. The van der Waals surface area contributed by atoms with E-state index in [1.807, 2.05) is 84.6 Å². The van der Waals surface area contributed by atoms with Crippen molar-refractivity contribution < 1.29 is 9.59 Å². The van der Waals surface area contributed by atoms with Gasteiger partial charge in [0.1, 0.15) is 6.54 Å². The minimum atomic E-state index is -0.139. The lowest BCUT2D eigenvalue weighted by Gasteiger charge is -2.36. The zero-order valence-corrected chi connectivity index (χ0v) is 21.5. The molecule has 1 aromatic heterocycles. The zero-order valence-electron chi connectivity index (χ0n) is 21.5. The molecule has 2 fully saturated rings. The molecule has 1 saturated heterocycles. The van der Waals surface area contributed by atoms with E-state index in [0.29, 0.717) is 19.6 Å². The van der Waals surface area contributed by atoms with Gasteiger partial charge < -0.3 is 14.7 Å². The van der Waals surface area contributed by atoms with E-state index in [9.17, 15) is 9.59 Å². The molecule has 3 aromatic rings. The Morgan fingerprint density at radius 1 is 0.865 bits per heavy atom. The molecular weight excluding hydrogens is 462 g/mol. The van der Waals surface area contributed by atoms with E-state index in [1.54, 1.807) is 4.90 Å². The summed E-state index contributed by atoms with van der Waals surface area (Å²) in [4.78, 5) is 32.7. The Labute approximate surface area is 219 Å². The van der Waals surface area contributed by atoms with Crippen molar-refractivity contribution in [2.45, 2.75) is 38.6 Å². The Hall–Kier alpha value is -3.74. The van der Waals surface area contributed by atoms with Gasteiger partial charge in [-0.3, -0.25) is 9.59 Å². The summed E-state index contributed by atoms with van der Waals surface area (Å²) in [5.74, 6) is 1.01. The molecule has 0 bridgehead atoms. The molecule has 37 heavy (non-hydrogen) atoms. The Morgan fingerprint density at radius 3 is 2.24 bits per heavy atom. The number of hydrogen-bond acceptors (Lipinski definition) is 5. The van der Waals surface area contributed by atoms with Crippen LogP contribution >= 0.6 is 0 Å². The summed E-state index contributed by atoms with van der Waals surface area (Å²) in [6, 6.07) is 23.9. The van der Waals surface area contributed by atoms with E-state index < -0.39 is 0 Å². The van der Waals surface area contributed by atoms with Crippen molar-refractivity contribution in [2.75, 3.05) is 37.6 Å². The Balaban J connectivity index is 1.23. The number of benzene rings is 2. The van der Waals surface area contributed by atoms with Gasteiger partial charge in [0.15, 0.2) is 5.82 Å². The summed E-state index contributed by atoms with van der Waals surface area (Å²) in [5, 5.41) is 8.90. The molecule has 7 nitrogen and oxygen atoms in total. The second-order valence-electron chi connectivity index (χ2n) is 10.0. The van der Waals surface area contributed by atoms with Gasteiger partial charge in [-0.1, -0.05) is 67.1 Å². The lowest BCUT2D eigenvalue weighted by molar-refractivity contribution is -0.146. The van der Waals surface area contributed by atoms with Gasteiger partial charge in [0.05, 0.1) is 11.7 Å². The van der Waals surface area contributed by atoms with Crippen molar-refractivity contribution in [3.05, 3.63) is 78.4 Å². The smallest absolute Gasteiger partial charge is 0.242 e. The molecule has 7 heteroatoms. The first-order valence-electron chi connectivity index (χ1n) is 13.4. The first kappa shape index (κ1) is 24.9. The summed E-state index contributed by atoms with van der Waals surface area (Å²) in [7, 11) is 0. The van der Waals surface area contributed by atoms with Gasteiger partial charge in [0.25, 0.3) is 0 Å². The topological polar surface area (TPSA) is 69.6 Å². The predicted octanol–water partition coefficient (Wildman–Crippen LogP) is 4.57. The minimum absolute atomic E-state index is 0.0165. The fraction of sp³-hybridized carbons (Fsp3) is 0.400. The van der Waals surface area contributed by atoms with Crippen LogP contribution < -0.4 is 4.90 Å². The van der Waals surface area contributed by atoms with E-state index >= 15 is 0 Å². The highest BCUT2D eigenvalue weighted by Gasteiger charge is 2.34. The third kappa shape index (κ3) is 5.82. The van der Waals surface area contributed by atoms with Gasteiger partial charge >= 0.3 is 0 Å². The van der Waals surface area contributed by atoms with Crippen molar-refractivity contribution in [3.8, 4) is 11.3 Å². The molecule has 1 atom stereocenters. The molecular formula is C30H35N5O2. The van der Waals surface area contributed by atoms with Crippen molar-refractivity contribution in [1.29, 1.82) is 0 Å². The Morgan fingerprint density at radius 2 is 1.59 bits per heavy atom. The number of aromatic nitrogens is 2. The van der Waals surface area contributed by atoms with Gasteiger partial charge in [-0.2, -0.15) is 0 Å². The minimum Gasteiger partial charge on any atom is -0.353 e. The number of nitrogens with zero attached hydrogens (tertiary/aromatic N) is 5. The second-order valence-corrected chi connectivity index (χ2v) is 10.0. The highest BCUT2D eigenvalue weighted by Crippen LogP contribution is 2.32. The van der Waals surface area contributed by atoms with Gasteiger partial charge in [-0.15, -0.1) is 10.2 Å². The maximum atomic E-state index is 13.5. The molecule has 0 radical (unpaired) electrons. The summed E-state index contributed by atoms with van der Waals surface area (Å²) in [6.45, 7) is 4.93. The van der Waals surface area contributed by atoms with Crippen LogP contribution in [0.1, 0.15) is 44.2 Å². The third-order valence-electron chi connectivity index (χ3n) is 7.69. The largest absolute Gasteiger partial charge is 0.353 e. The van der Waals surface area contributed by atoms with Crippen molar-refractivity contribution in [3.63, 3.8) is 0 Å². The van der Waals surface area contributed by atoms with E-state index in [2.05, 4.69) is 15.1 Å². The highest BCUT2D eigenvalue weighted by molar-refractivity contribution is 5.86. The van der Waals surface area contributed by atoms with Crippen LogP contribution in [0.15, 0.2) is 72.8 Å². The summed E-state index contributed by atoms with van der Waals surface area (Å²) in [6.07, 6.45) is 3.79. The van der Waals surface area contributed by atoms with Crippen molar-refractivity contribution in [1.82, 2.24) is 20.0 Å². The Bertz CT molecular complexity index is 1180. The molecule has 1 saturated carbocycles. The quantitative estimate of drug-likeness (QED) is 0.478. The average Bonchev–Trinajstić information content (AvgIpc) is 3.18. The van der Waals surface area contributed by atoms with Gasteiger partial charge in [0, 0.05) is 37.7 Å². The van der Waals surface area contributed by atoms with Gasteiger partial charge in [0.2, 0.25) is 11.8 Å². The third-order valence-corrected chi connectivity index (χ3v) is 7.69. The second kappa shape index (κ2) is 11.5. The number of carbonyl (C=O) groups excluding carboxylic acids is 2. The summed E-state index contributed by atoms with van der Waals surface area (Å²) in [5.41, 5.74) is 2.95. The number of carbonyl (C=O) groups is 2. The van der Waals surface area contributed by atoms with Gasteiger partial charge in [-0.05, 0) is 43.9 Å². The normalized spacial score (nSPS) is 17.0. The summed E-state index contributed by atoms with van der Waals surface area (Å²) < 4.78 is 0. The fourth-order valence-corrected chi connectivity index (χ4v) is 5.11. The Kier molecular flexibility index (Phi) is 7.78. The lowest BCUT2D eigenvalue weighted by Crippen LogP contribution is -2.47. The van der Waals surface area contributed by atoms with E-state index in [-0.39, 0.29) is 30.3 Å². The first-order valence-corrected chi connectivity index (χ1v) is 13.4. The standard InChI is InChI=1S/C30H35N5O2/c1-23(24-10-4-2-5-11-24)35(30(37)26-14-8-15-26)22-29(36)34-19-9-18-33(20-21-34)28-17-16-27(31-32-28)25-12-6-3-7-13-25/h2-7,10-13,16-17,23,26H,8-9,14-15,18-22H2,1H3. The zero-order chi connectivity index (χ0) is 25.6. The molecule has 192 valence electrons. The van der Waals surface area contributed by atoms with Crippen LogP contribution in [0.4, 0.5) is 5.82 Å². The predicted molar refractivity (Wildman–Crippen MR) is 145 cm³/mol. The summed E-state index contributed by atoms with van der Waals surface area (Å²) >= 11 is 0. The molecule has 1 unspecified atom stereocenters.